The zero-order valence-electron chi connectivity index (χ0n) is 12.1. The van der Waals surface area contributed by atoms with Crippen LogP contribution in [0.3, 0.4) is 0 Å². The van der Waals surface area contributed by atoms with Gasteiger partial charge in [-0.2, -0.15) is 0 Å². The molecule has 1 aromatic carbocycles. The summed E-state index contributed by atoms with van der Waals surface area (Å²) in [6, 6.07) is 5.23. The van der Waals surface area contributed by atoms with Crippen molar-refractivity contribution in [1.29, 1.82) is 0 Å². The highest BCUT2D eigenvalue weighted by Crippen LogP contribution is 2.24. The number of fused-ring (bicyclic) bond motifs is 1. The van der Waals surface area contributed by atoms with Crippen molar-refractivity contribution < 1.29 is 23.9 Å². The highest BCUT2D eigenvalue weighted by molar-refractivity contribution is 6.22. The summed E-state index contributed by atoms with van der Waals surface area (Å²) < 4.78 is 4.41. The van der Waals surface area contributed by atoms with E-state index in [1.807, 2.05) is 0 Å². The van der Waals surface area contributed by atoms with Gasteiger partial charge in [-0.3, -0.25) is 19.3 Å². The van der Waals surface area contributed by atoms with Gasteiger partial charge in [-0.15, -0.1) is 0 Å². The number of amides is 3. The average molecular weight is 302 g/mol. The zero-order valence-corrected chi connectivity index (χ0v) is 12.1. The number of benzene rings is 1. The van der Waals surface area contributed by atoms with Gasteiger partial charge in [0.25, 0.3) is 11.8 Å². The largest absolute Gasteiger partial charge is 0.464 e. The molecule has 0 radical (unpaired) electrons. The molecule has 1 aliphatic heterocycles. The molecule has 114 valence electrons. The third kappa shape index (κ3) is 2.48. The maximum Gasteiger partial charge on any atom is 0.353 e. The fourth-order valence-electron chi connectivity index (χ4n) is 2.10. The molecular weight excluding hydrogens is 288 g/mol. The standard InChI is InChI=1S/C15H14N2O5/c1-8(15(21)22-3)16-12(18)9(2)17-13(19)10-6-4-5-7-11(10)14(17)20/h4-7,9H,1H2,2-3H3,(H,16,18)/t9-/m0/s1. The van der Waals surface area contributed by atoms with Crippen LogP contribution in [-0.2, 0) is 14.3 Å². The Labute approximate surface area is 126 Å². The molecule has 2 rings (SSSR count). The lowest BCUT2D eigenvalue weighted by Gasteiger charge is -2.21. The van der Waals surface area contributed by atoms with Crippen LogP contribution < -0.4 is 5.32 Å². The molecule has 22 heavy (non-hydrogen) atoms. The van der Waals surface area contributed by atoms with Crippen LogP contribution in [0.4, 0.5) is 0 Å². The number of ether oxygens (including phenoxy) is 1. The van der Waals surface area contributed by atoms with Crippen molar-refractivity contribution in [2.24, 2.45) is 0 Å². The van der Waals surface area contributed by atoms with Gasteiger partial charge in [0.05, 0.1) is 18.2 Å². The molecule has 0 aromatic heterocycles. The van der Waals surface area contributed by atoms with Crippen molar-refractivity contribution in [3.8, 4) is 0 Å². The van der Waals surface area contributed by atoms with Gasteiger partial charge < -0.3 is 10.1 Å². The summed E-state index contributed by atoms with van der Waals surface area (Å²) in [6.45, 7) is 4.75. The van der Waals surface area contributed by atoms with E-state index in [1.54, 1.807) is 12.1 Å². The second-order valence-corrected chi connectivity index (χ2v) is 4.66. The fraction of sp³-hybridized carbons (Fsp3) is 0.200. The van der Waals surface area contributed by atoms with Crippen LogP contribution in [0.5, 0.6) is 0 Å². The molecule has 0 aliphatic carbocycles. The molecule has 7 heteroatoms. The summed E-state index contributed by atoms with van der Waals surface area (Å²) in [4.78, 5) is 48.6. The van der Waals surface area contributed by atoms with E-state index < -0.39 is 29.7 Å². The van der Waals surface area contributed by atoms with E-state index in [0.717, 1.165) is 12.0 Å². The summed E-state index contributed by atoms with van der Waals surface area (Å²) in [6.07, 6.45) is 0. The van der Waals surface area contributed by atoms with Crippen molar-refractivity contribution in [3.63, 3.8) is 0 Å². The van der Waals surface area contributed by atoms with Crippen LogP contribution in [0.1, 0.15) is 27.6 Å². The van der Waals surface area contributed by atoms with Crippen LogP contribution >= 0.6 is 0 Å². The molecule has 1 heterocycles. The quantitative estimate of drug-likeness (QED) is 0.496. The van der Waals surface area contributed by atoms with Gasteiger partial charge in [0, 0.05) is 0 Å². The minimum absolute atomic E-state index is 0.249. The normalized spacial score (nSPS) is 14.4. The first-order chi connectivity index (χ1) is 10.4. The van der Waals surface area contributed by atoms with Gasteiger partial charge in [-0.05, 0) is 19.1 Å². The van der Waals surface area contributed by atoms with Crippen LogP contribution in [0, 0.1) is 0 Å². The lowest BCUT2D eigenvalue weighted by atomic mass is 10.1. The molecule has 0 unspecified atom stereocenters. The summed E-state index contributed by atoms with van der Waals surface area (Å²) >= 11 is 0. The number of rotatable bonds is 4. The van der Waals surface area contributed by atoms with E-state index in [1.165, 1.54) is 19.1 Å². The molecule has 0 saturated carbocycles. The number of hydrogen-bond donors (Lipinski definition) is 1. The second kappa shape index (κ2) is 5.80. The molecule has 0 saturated heterocycles. The molecule has 0 spiro atoms. The maximum absolute atomic E-state index is 12.2. The van der Waals surface area contributed by atoms with E-state index in [-0.39, 0.29) is 16.8 Å². The van der Waals surface area contributed by atoms with Crippen LogP contribution in [0.15, 0.2) is 36.5 Å². The highest BCUT2D eigenvalue weighted by atomic mass is 16.5. The van der Waals surface area contributed by atoms with E-state index in [2.05, 4.69) is 16.6 Å². The molecule has 0 bridgehead atoms. The molecule has 1 N–H and O–H groups in total. The monoisotopic (exact) mass is 302 g/mol. The predicted octanol–water partition coefficient (Wildman–Crippen LogP) is 0.474. The van der Waals surface area contributed by atoms with E-state index in [0.29, 0.717) is 0 Å². The molecule has 1 aliphatic rings. The molecule has 7 nitrogen and oxygen atoms in total. The Kier molecular flexibility index (Phi) is 4.07. The Morgan fingerprint density at radius 2 is 1.68 bits per heavy atom. The maximum atomic E-state index is 12.2. The predicted molar refractivity (Wildman–Crippen MR) is 75.7 cm³/mol. The summed E-state index contributed by atoms with van der Waals surface area (Å²) in [7, 11) is 1.15. The number of nitrogens with one attached hydrogen (secondary N) is 1. The lowest BCUT2D eigenvalue weighted by Crippen LogP contribution is -2.48. The second-order valence-electron chi connectivity index (χ2n) is 4.66. The topological polar surface area (TPSA) is 92.8 Å². The Morgan fingerprint density at radius 3 is 2.14 bits per heavy atom. The van der Waals surface area contributed by atoms with Gasteiger partial charge in [0.15, 0.2) is 0 Å². The third-order valence-corrected chi connectivity index (χ3v) is 3.30. The summed E-state index contributed by atoms with van der Waals surface area (Å²) in [5.41, 5.74) is 0.230. The van der Waals surface area contributed by atoms with E-state index in [4.69, 9.17) is 0 Å². The van der Waals surface area contributed by atoms with Crippen molar-refractivity contribution in [3.05, 3.63) is 47.7 Å². The molecule has 1 atom stereocenters. The molecule has 3 amide bonds. The fourth-order valence-corrected chi connectivity index (χ4v) is 2.10. The third-order valence-electron chi connectivity index (χ3n) is 3.30. The van der Waals surface area contributed by atoms with Gasteiger partial charge in [-0.1, -0.05) is 18.7 Å². The number of imide groups is 1. The van der Waals surface area contributed by atoms with Crippen molar-refractivity contribution in [2.75, 3.05) is 7.11 Å². The molecule has 0 fully saturated rings. The van der Waals surface area contributed by atoms with Crippen molar-refractivity contribution in [1.82, 2.24) is 10.2 Å². The Hall–Kier alpha value is -2.96. The summed E-state index contributed by atoms with van der Waals surface area (Å²) in [5.74, 6) is -2.60. The van der Waals surface area contributed by atoms with Gasteiger partial charge in [0.2, 0.25) is 5.91 Å². The number of hydrogen-bond acceptors (Lipinski definition) is 5. The molecular formula is C15H14N2O5. The minimum Gasteiger partial charge on any atom is -0.464 e. The minimum atomic E-state index is -1.09. The number of carbonyl (C=O) groups is 4. The zero-order chi connectivity index (χ0) is 16.4. The molecule has 1 aromatic rings. The van der Waals surface area contributed by atoms with E-state index >= 15 is 0 Å². The Morgan fingerprint density at radius 1 is 1.18 bits per heavy atom. The number of methoxy groups -OCH3 is 1. The first kappa shape index (κ1) is 15.4. The van der Waals surface area contributed by atoms with Gasteiger partial charge in [-0.25, -0.2) is 4.79 Å². The van der Waals surface area contributed by atoms with Crippen LogP contribution in [0.2, 0.25) is 0 Å². The van der Waals surface area contributed by atoms with Crippen LogP contribution in [0.25, 0.3) is 0 Å². The SMILES string of the molecule is C=C(NC(=O)[C@H](C)N1C(=O)c2ccccc2C1=O)C(=O)OC. The number of esters is 1. The smallest absolute Gasteiger partial charge is 0.353 e. The van der Waals surface area contributed by atoms with E-state index in [9.17, 15) is 19.2 Å². The lowest BCUT2D eigenvalue weighted by molar-refractivity contribution is -0.138. The van der Waals surface area contributed by atoms with Gasteiger partial charge in [0.1, 0.15) is 11.7 Å². The summed E-state index contributed by atoms with van der Waals surface area (Å²) in [5, 5.41) is 2.22. The Bertz CT molecular complexity index is 660. The number of nitrogens with zero attached hydrogens (tertiary/aromatic N) is 1. The number of carbonyl (C=O) groups excluding carboxylic acids is 4. The first-order valence-corrected chi connectivity index (χ1v) is 6.43. The average Bonchev–Trinajstić information content (AvgIpc) is 2.77. The highest BCUT2D eigenvalue weighted by Gasteiger charge is 2.40. The van der Waals surface area contributed by atoms with Gasteiger partial charge >= 0.3 is 5.97 Å². The van der Waals surface area contributed by atoms with Crippen LogP contribution in [-0.4, -0.2) is 41.7 Å². The van der Waals surface area contributed by atoms with Crippen molar-refractivity contribution in [2.45, 2.75) is 13.0 Å². The Balaban J connectivity index is 2.18. The first-order valence-electron chi connectivity index (χ1n) is 6.43. The van der Waals surface area contributed by atoms with Crippen molar-refractivity contribution >= 4 is 23.7 Å².